The maximum atomic E-state index is 9.39. The standard InChI is InChI=1S/C12H24O/c1-2-12(13)10-6-9-11-7-4-3-5-8-11/h11-13H,2-10H2,1H3. The van der Waals surface area contributed by atoms with Crippen molar-refractivity contribution in [3.63, 3.8) is 0 Å². The predicted molar refractivity (Wildman–Crippen MR) is 56.7 cm³/mol. The molecule has 1 aliphatic carbocycles. The second-order valence-corrected chi connectivity index (χ2v) is 4.50. The maximum Gasteiger partial charge on any atom is 0.0537 e. The monoisotopic (exact) mass is 184 g/mol. The summed E-state index contributed by atoms with van der Waals surface area (Å²) in [5.41, 5.74) is 0. The molecule has 0 radical (unpaired) electrons. The lowest BCUT2D eigenvalue weighted by molar-refractivity contribution is 0.153. The van der Waals surface area contributed by atoms with Gasteiger partial charge in [0.15, 0.2) is 0 Å². The van der Waals surface area contributed by atoms with E-state index in [4.69, 9.17) is 0 Å². The molecule has 1 N–H and O–H groups in total. The van der Waals surface area contributed by atoms with Crippen LogP contribution in [0.2, 0.25) is 0 Å². The Morgan fingerprint density at radius 1 is 1.23 bits per heavy atom. The Labute approximate surface area is 82.5 Å². The molecule has 1 unspecified atom stereocenters. The van der Waals surface area contributed by atoms with Gasteiger partial charge in [-0.3, -0.25) is 0 Å². The summed E-state index contributed by atoms with van der Waals surface area (Å²) >= 11 is 0. The Balaban J connectivity index is 1.98. The smallest absolute Gasteiger partial charge is 0.0537 e. The lowest BCUT2D eigenvalue weighted by Crippen LogP contribution is -2.09. The molecular weight excluding hydrogens is 160 g/mol. The Hall–Kier alpha value is -0.0400. The van der Waals surface area contributed by atoms with E-state index in [0.29, 0.717) is 0 Å². The third-order valence-corrected chi connectivity index (χ3v) is 3.35. The second-order valence-electron chi connectivity index (χ2n) is 4.50. The molecule has 0 amide bonds. The van der Waals surface area contributed by atoms with Crippen LogP contribution in [0.5, 0.6) is 0 Å². The fourth-order valence-electron chi connectivity index (χ4n) is 2.32. The van der Waals surface area contributed by atoms with E-state index < -0.39 is 0 Å². The van der Waals surface area contributed by atoms with E-state index in [-0.39, 0.29) is 6.10 Å². The first-order valence-electron chi connectivity index (χ1n) is 6.01. The average Bonchev–Trinajstić information content (AvgIpc) is 2.19. The molecule has 0 heterocycles. The molecule has 0 aromatic rings. The summed E-state index contributed by atoms with van der Waals surface area (Å²) in [5.74, 6) is 0.984. The topological polar surface area (TPSA) is 20.2 Å². The van der Waals surface area contributed by atoms with Gasteiger partial charge in [0.2, 0.25) is 0 Å². The van der Waals surface area contributed by atoms with Gasteiger partial charge in [-0.1, -0.05) is 51.9 Å². The van der Waals surface area contributed by atoms with Gasteiger partial charge in [0.05, 0.1) is 6.10 Å². The van der Waals surface area contributed by atoms with E-state index in [1.54, 1.807) is 0 Å². The highest BCUT2D eigenvalue weighted by Crippen LogP contribution is 2.27. The molecular formula is C12H24O. The molecule has 1 nitrogen and oxygen atoms in total. The van der Waals surface area contributed by atoms with Crippen molar-refractivity contribution in [2.45, 2.75) is 70.8 Å². The molecule has 0 aromatic carbocycles. The van der Waals surface area contributed by atoms with Gasteiger partial charge in [-0.25, -0.2) is 0 Å². The highest BCUT2D eigenvalue weighted by atomic mass is 16.3. The first kappa shape index (κ1) is 11.0. The normalized spacial score (nSPS) is 21.7. The lowest BCUT2D eigenvalue weighted by Gasteiger charge is -2.21. The summed E-state index contributed by atoms with van der Waals surface area (Å²) in [6, 6.07) is 0. The lowest BCUT2D eigenvalue weighted by atomic mass is 9.85. The summed E-state index contributed by atoms with van der Waals surface area (Å²) in [5, 5.41) is 9.39. The van der Waals surface area contributed by atoms with Gasteiger partial charge in [0.1, 0.15) is 0 Å². The van der Waals surface area contributed by atoms with Crippen molar-refractivity contribution in [2.24, 2.45) is 5.92 Å². The van der Waals surface area contributed by atoms with Crippen LogP contribution in [0, 0.1) is 5.92 Å². The zero-order chi connectivity index (χ0) is 9.52. The molecule has 1 atom stereocenters. The zero-order valence-corrected chi connectivity index (χ0v) is 8.97. The molecule has 78 valence electrons. The summed E-state index contributed by atoms with van der Waals surface area (Å²) in [6.07, 6.45) is 11.7. The number of aliphatic hydroxyl groups is 1. The van der Waals surface area contributed by atoms with Crippen molar-refractivity contribution in [2.75, 3.05) is 0 Å². The second kappa shape index (κ2) is 6.42. The third-order valence-electron chi connectivity index (χ3n) is 3.35. The molecule has 0 aliphatic heterocycles. The number of hydrogen-bond donors (Lipinski definition) is 1. The van der Waals surface area contributed by atoms with E-state index in [1.165, 1.54) is 44.9 Å². The van der Waals surface area contributed by atoms with Crippen LogP contribution in [-0.2, 0) is 0 Å². The van der Waals surface area contributed by atoms with Crippen LogP contribution < -0.4 is 0 Å². The fourth-order valence-corrected chi connectivity index (χ4v) is 2.32. The van der Waals surface area contributed by atoms with Crippen LogP contribution in [0.1, 0.15) is 64.7 Å². The summed E-state index contributed by atoms with van der Waals surface area (Å²) in [7, 11) is 0. The van der Waals surface area contributed by atoms with Crippen LogP contribution in [-0.4, -0.2) is 11.2 Å². The van der Waals surface area contributed by atoms with Crippen molar-refractivity contribution in [1.29, 1.82) is 0 Å². The fraction of sp³-hybridized carbons (Fsp3) is 1.00. The van der Waals surface area contributed by atoms with Crippen LogP contribution in [0.15, 0.2) is 0 Å². The summed E-state index contributed by atoms with van der Waals surface area (Å²) in [4.78, 5) is 0. The highest BCUT2D eigenvalue weighted by molar-refractivity contribution is 4.66. The van der Waals surface area contributed by atoms with Gasteiger partial charge >= 0.3 is 0 Å². The van der Waals surface area contributed by atoms with Gasteiger partial charge in [0, 0.05) is 0 Å². The molecule has 0 aromatic heterocycles. The molecule has 1 saturated carbocycles. The van der Waals surface area contributed by atoms with Gasteiger partial charge < -0.3 is 5.11 Å². The van der Waals surface area contributed by atoms with E-state index >= 15 is 0 Å². The van der Waals surface area contributed by atoms with E-state index in [0.717, 1.165) is 18.8 Å². The van der Waals surface area contributed by atoms with Crippen molar-refractivity contribution in [3.8, 4) is 0 Å². The van der Waals surface area contributed by atoms with Crippen molar-refractivity contribution >= 4 is 0 Å². The highest BCUT2D eigenvalue weighted by Gasteiger charge is 2.13. The largest absolute Gasteiger partial charge is 0.393 e. The molecule has 1 fully saturated rings. The van der Waals surface area contributed by atoms with E-state index in [2.05, 4.69) is 6.92 Å². The van der Waals surface area contributed by atoms with E-state index in [1.807, 2.05) is 0 Å². The van der Waals surface area contributed by atoms with Crippen LogP contribution in [0.25, 0.3) is 0 Å². The van der Waals surface area contributed by atoms with Crippen molar-refractivity contribution < 1.29 is 5.11 Å². The van der Waals surface area contributed by atoms with Gasteiger partial charge in [-0.05, 0) is 18.8 Å². The minimum atomic E-state index is -0.0383. The summed E-state index contributed by atoms with van der Waals surface area (Å²) < 4.78 is 0. The first-order chi connectivity index (χ1) is 6.33. The molecule has 1 aliphatic rings. The Morgan fingerprint density at radius 2 is 1.92 bits per heavy atom. The van der Waals surface area contributed by atoms with E-state index in [9.17, 15) is 5.11 Å². The number of hydrogen-bond acceptors (Lipinski definition) is 1. The molecule has 1 heteroatoms. The molecule has 0 spiro atoms. The quantitative estimate of drug-likeness (QED) is 0.693. The minimum Gasteiger partial charge on any atom is -0.393 e. The Morgan fingerprint density at radius 3 is 2.54 bits per heavy atom. The van der Waals surface area contributed by atoms with Gasteiger partial charge in [-0.15, -0.1) is 0 Å². The minimum absolute atomic E-state index is 0.0383. The number of aliphatic hydroxyl groups excluding tert-OH is 1. The van der Waals surface area contributed by atoms with Crippen LogP contribution >= 0.6 is 0 Å². The maximum absolute atomic E-state index is 9.39. The van der Waals surface area contributed by atoms with Gasteiger partial charge in [0.25, 0.3) is 0 Å². The molecule has 0 saturated heterocycles. The van der Waals surface area contributed by atoms with Crippen LogP contribution in [0.4, 0.5) is 0 Å². The average molecular weight is 184 g/mol. The van der Waals surface area contributed by atoms with Crippen LogP contribution in [0.3, 0.4) is 0 Å². The molecule has 0 bridgehead atoms. The summed E-state index contributed by atoms with van der Waals surface area (Å²) in [6.45, 7) is 2.06. The molecule has 13 heavy (non-hydrogen) atoms. The molecule has 1 rings (SSSR count). The SMILES string of the molecule is CCC(O)CCCC1CCCCC1. The number of rotatable bonds is 5. The Bertz CT molecular complexity index is 116. The van der Waals surface area contributed by atoms with Gasteiger partial charge in [-0.2, -0.15) is 0 Å². The van der Waals surface area contributed by atoms with Crippen molar-refractivity contribution in [1.82, 2.24) is 0 Å². The predicted octanol–water partition coefficient (Wildman–Crippen LogP) is 3.51. The zero-order valence-electron chi connectivity index (χ0n) is 8.97. The first-order valence-corrected chi connectivity index (χ1v) is 6.01. The third kappa shape index (κ3) is 4.66. The Kier molecular flexibility index (Phi) is 5.45. The van der Waals surface area contributed by atoms with Crippen molar-refractivity contribution in [3.05, 3.63) is 0 Å².